The van der Waals surface area contributed by atoms with Crippen LogP contribution in [0.5, 0.6) is 0 Å². The highest BCUT2D eigenvalue weighted by atomic mass is 35.5. The van der Waals surface area contributed by atoms with Crippen molar-refractivity contribution in [2.24, 2.45) is 0 Å². The Labute approximate surface area is 166 Å². The van der Waals surface area contributed by atoms with Crippen LogP contribution in [0.1, 0.15) is 39.0 Å². The Morgan fingerprint density at radius 1 is 1.33 bits per heavy atom. The third-order valence-corrected chi connectivity index (χ3v) is 7.61. The molecule has 2 atom stereocenters. The molecule has 2 rings (SSSR count). The predicted octanol–water partition coefficient (Wildman–Crippen LogP) is 3.73. The van der Waals surface area contributed by atoms with Gasteiger partial charge in [-0.1, -0.05) is 34.4 Å². The summed E-state index contributed by atoms with van der Waals surface area (Å²) >= 11 is 5.26. The molecule has 2 saturated heterocycles. The first-order valence-electron chi connectivity index (χ1n) is 8.76. The highest BCUT2D eigenvalue weighted by Crippen LogP contribution is 2.39. The number of hydrogen-bond acceptors (Lipinski definition) is 6. The van der Waals surface area contributed by atoms with Crippen LogP contribution >= 0.6 is 46.2 Å². The van der Waals surface area contributed by atoms with Gasteiger partial charge in [-0.15, -0.1) is 12.4 Å². The van der Waals surface area contributed by atoms with Gasteiger partial charge in [-0.2, -0.15) is 0 Å². The van der Waals surface area contributed by atoms with E-state index in [0.29, 0.717) is 11.2 Å². The highest BCUT2D eigenvalue weighted by Gasteiger charge is 2.17. The van der Waals surface area contributed by atoms with Crippen molar-refractivity contribution in [3.05, 3.63) is 0 Å². The predicted molar refractivity (Wildman–Crippen MR) is 113 cm³/mol. The summed E-state index contributed by atoms with van der Waals surface area (Å²) in [7, 11) is 4.10. The van der Waals surface area contributed by atoms with Crippen molar-refractivity contribution >= 4 is 51.4 Å². The SMILES string of the molecule is CC(CNC(=S)OCCCCCC1CCSS1)N1CCOCC1.Cl. The number of nitrogens with one attached hydrogen (secondary N) is 1. The minimum absolute atomic E-state index is 0. The lowest BCUT2D eigenvalue weighted by molar-refractivity contribution is 0.0210. The van der Waals surface area contributed by atoms with Crippen LogP contribution < -0.4 is 5.32 Å². The molecule has 0 bridgehead atoms. The number of morpholine rings is 1. The van der Waals surface area contributed by atoms with Crippen molar-refractivity contribution in [2.75, 3.05) is 45.2 Å². The van der Waals surface area contributed by atoms with Gasteiger partial charge in [0.25, 0.3) is 5.17 Å². The Hall–Kier alpha value is 0.600. The lowest BCUT2D eigenvalue weighted by atomic mass is 10.1. The van der Waals surface area contributed by atoms with E-state index >= 15 is 0 Å². The second kappa shape index (κ2) is 13.8. The van der Waals surface area contributed by atoms with E-state index in [9.17, 15) is 0 Å². The van der Waals surface area contributed by atoms with Gasteiger partial charge >= 0.3 is 0 Å². The number of ether oxygens (including phenoxy) is 2. The molecule has 1 N–H and O–H groups in total. The van der Waals surface area contributed by atoms with Crippen molar-refractivity contribution in [3.8, 4) is 0 Å². The number of halogens is 1. The molecule has 24 heavy (non-hydrogen) atoms. The van der Waals surface area contributed by atoms with Gasteiger partial charge in [0, 0.05) is 36.7 Å². The van der Waals surface area contributed by atoms with Crippen LogP contribution in [0, 0.1) is 0 Å². The first-order valence-corrected chi connectivity index (χ1v) is 11.6. The van der Waals surface area contributed by atoms with E-state index in [1.807, 2.05) is 10.8 Å². The fourth-order valence-electron chi connectivity index (χ4n) is 2.81. The third-order valence-electron chi connectivity index (χ3n) is 4.34. The Balaban J connectivity index is 0.00000288. The van der Waals surface area contributed by atoms with Crippen molar-refractivity contribution in [1.29, 1.82) is 0 Å². The topological polar surface area (TPSA) is 33.7 Å². The Bertz CT molecular complexity index is 341. The van der Waals surface area contributed by atoms with Gasteiger partial charge in [0.15, 0.2) is 0 Å². The van der Waals surface area contributed by atoms with Crippen LogP contribution in [-0.4, -0.2) is 66.6 Å². The lowest BCUT2D eigenvalue weighted by Gasteiger charge is -2.32. The van der Waals surface area contributed by atoms with Gasteiger partial charge < -0.3 is 14.8 Å². The molecule has 0 aromatic rings. The molecule has 142 valence electrons. The van der Waals surface area contributed by atoms with Gasteiger partial charge in [-0.3, -0.25) is 4.90 Å². The van der Waals surface area contributed by atoms with Crippen molar-refractivity contribution in [3.63, 3.8) is 0 Å². The van der Waals surface area contributed by atoms with E-state index in [1.165, 1.54) is 31.4 Å². The van der Waals surface area contributed by atoms with Crippen LogP contribution in [0.3, 0.4) is 0 Å². The minimum Gasteiger partial charge on any atom is -0.471 e. The quantitative estimate of drug-likeness (QED) is 0.349. The summed E-state index contributed by atoms with van der Waals surface area (Å²) in [6.07, 6.45) is 6.41. The zero-order chi connectivity index (χ0) is 16.3. The molecule has 0 radical (unpaired) electrons. The van der Waals surface area contributed by atoms with E-state index in [-0.39, 0.29) is 12.4 Å². The first-order chi connectivity index (χ1) is 11.3. The molecule has 0 aromatic heterocycles. The normalized spacial score (nSPS) is 22.6. The maximum Gasteiger partial charge on any atom is 0.256 e. The third kappa shape index (κ3) is 9.34. The van der Waals surface area contributed by atoms with E-state index in [1.54, 1.807) is 0 Å². The van der Waals surface area contributed by atoms with Gasteiger partial charge in [0.05, 0.1) is 19.8 Å². The average Bonchev–Trinajstić information content (AvgIpc) is 3.10. The fraction of sp³-hybridized carbons (Fsp3) is 0.938. The zero-order valence-electron chi connectivity index (χ0n) is 14.5. The van der Waals surface area contributed by atoms with Gasteiger partial charge in [0.1, 0.15) is 0 Å². The summed E-state index contributed by atoms with van der Waals surface area (Å²) in [6, 6.07) is 0.460. The Morgan fingerprint density at radius 3 is 2.83 bits per heavy atom. The summed E-state index contributed by atoms with van der Waals surface area (Å²) in [5.74, 6) is 1.33. The minimum atomic E-state index is 0. The van der Waals surface area contributed by atoms with E-state index < -0.39 is 0 Å². The van der Waals surface area contributed by atoms with Crippen LogP contribution in [0.4, 0.5) is 0 Å². The largest absolute Gasteiger partial charge is 0.471 e. The molecule has 0 aliphatic carbocycles. The fourth-order valence-corrected chi connectivity index (χ4v) is 6.00. The average molecular weight is 415 g/mol. The number of hydrogen-bond donors (Lipinski definition) is 1. The number of unbranched alkanes of at least 4 members (excludes halogenated alkanes) is 2. The first kappa shape index (κ1) is 22.6. The maximum absolute atomic E-state index is 5.62. The molecule has 8 heteroatoms. The smallest absolute Gasteiger partial charge is 0.256 e. The molecular weight excluding hydrogens is 384 g/mol. The summed E-state index contributed by atoms with van der Waals surface area (Å²) in [5, 5.41) is 4.68. The van der Waals surface area contributed by atoms with Gasteiger partial charge in [-0.05, 0) is 38.4 Å². The van der Waals surface area contributed by atoms with Gasteiger partial charge in [-0.25, -0.2) is 0 Å². The van der Waals surface area contributed by atoms with Crippen LogP contribution in [0.25, 0.3) is 0 Å². The van der Waals surface area contributed by atoms with E-state index in [0.717, 1.165) is 51.1 Å². The summed E-state index contributed by atoms with van der Waals surface area (Å²) < 4.78 is 11.0. The van der Waals surface area contributed by atoms with Crippen molar-refractivity contribution < 1.29 is 9.47 Å². The van der Waals surface area contributed by atoms with Crippen LogP contribution in [-0.2, 0) is 9.47 Å². The number of thiocarbonyl (C=S) groups is 1. The molecule has 0 spiro atoms. The lowest BCUT2D eigenvalue weighted by Crippen LogP contribution is -2.47. The van der Waals surface area contributed by atoms with Crippen molar-refractivity contribution in [2.45, 2.75) is 50.3 Å². The zero-order valence-corrected chi connectivity index (χ0v) is 17.8. The molecule has 2 fully saturated rings. The molecule has 2 aliphatic heterocycles. The Morgan fingerprint density at radius 2 is 2.12 bits per heavy atom. The molecule has 0 saturated carbocycles. The molecule has 0 amide bonds. The van der Waals surface area contributed by atoms with E-state index in [4.69, 9.17) is 21.7 Å². The van der Waals surface area contributed by atoms with Crippen LogP contribution in [0.2, 0.25) is 0 Å². The monoisotopic (exact) mass is 414 g/mol. The van der Waals surface area contributed by atoms with Crippen LogP contribution in [0.15, 0.2) is 0 Å². The van der Waals surface area contributed by atoms with E-state index in [2.05, 4.69) is 27.9 Å². The Kier molecular flexibility index (Phi) is 13.0. The second-order valence-electron chi connectivity index (χ2n) is 6.19. The second-order valence-corrected chi connectivity index (χ2v) is 9.35. The molecule has 2 heterocycles. The highest BCUT2D eigenvalue weighted by molar-refractivity contribution is 8.77. The van der Waals surface area contributed by atoms with Crippen molar-refractivity contribution in [1.82, 2.24) is 10.2 Å². The maximum atomic E-state index is 5.62. The molecule has 2 unspecified atom stereocenters. The van der Waals surface area contributed by atoms with Gasteiger partial charge in [0.2, 0.25) is 0 Å². The molecular formula is C16H31ClN2O2S3. The standard InChI is InChI=1S/C16H30N2O2S3.ClH/c1-14(18-7-10-19-11-8-18)13-17-16(21)20-9-4-2-3-5-15-6-12-22-23-15;/h14-15H,2-13H2,1H3,(H,17,21);1H. The molecule has 2 aliphatic rings. The molecule has 4 nitrogen and oxygen atoms in total. The summed E-state index contributed by atoms with van der Waals surface area (Å²) in [6.45, 7) is 7.50. The summed E-state index contributed by atoms with van der Waals surface area (Å²) in [4.78, 5) is 2.43. The summed E-state index contributed by atoms with van der Waals surface area (Å²) in [5.41, 5.74) is 0. The number of nitrogens with zero attached hydrogens (tertiary/aromatic N) is 1. The molecule has 0 aromatic carbocycles. The number of rotatable bonds is 9.